The molecule has 0 aliphatic carbocycles. The summed E-state index contributed by atoms with van der Waals surface area (Å²) in [5.74, 6) is 0.571. The molecule has 122 valence electrons. The summed E-state index contributed by atoms with van der Waals surface area (Å²) >= 11 is 5.89. The van der Waals surface area contributed by atoms with Gasteiger partial charge in [-0.1, -0.05) is 41.9 Å². The fourth-order valence-corrected chi connectivity index (χ4v) is 2.63. The van der Waals surface area contributed by atoms with E-state index in [2.05, 4.69) is 4.98 Å². The number of hydrogen-bond donors (Lipinski definition) is 1. The molecule has 0 aliphatic heterocycles. The van der Waals surface area contributed by atoms with Crippen LogP contribution >= 0.6 is 11.6 Å². The molecule has 2 aromatic carbocycles. The van der Waals surface area contributed by atoms with Crippen LogP contribution in [0.15, 0.2) is 53.3 Å². The van der Waals surface area contributed by atoms with Crippen molar-refractivity contribution >= 4 is 34.7 Å². The maximum Gasteiger partial charge on any atom is 0.261 e. The third-order valence-electron chi connectivity index (χ3n) is 3.73. The lowest BCUT2D eigenvalue weighted by Gasteiger charge is -2.10. The van der Waals surface area contributed by atoms with Crippen molar-refractivity contribution in [1.29, 1.82) is 0 Å². The molecule has 0 radical (unpaired) electrons. The minimum atomic E-state index is -0.0928. The molecule has 0 saturated heterocycles. The van der Waals surface area contributed by atoms with E-state index in [1.54, 1.807) is 10.6 Å². The van der Waals surface area contributed by atoms with Gasteiger partial charge in [-0.25, -0.2) is 4.98 Å². The smallest absolute Gasteiger partial charge is 0.261 e. The summed E-state index contributed by atoms with van der Waals surface area (Å²) in [6.07, 6.45) is 4.21. The van der Waals surface area contributed by atoms with Gasteiger partial charge in [0.15, 0.2) is 0 Å². The predicted octanol–water partition coefficient (Wildman–Crippen LogP) is 3.60. The van der Waals surface area contributed by atoms with E-state index in [4.69, 9.17) is 16.7 Å². The van der Waals surface area contributed by atoms with E-state index in [-0.39, 0.29) is 12.2 Å². The lowest BCUT2D eigenvalue weighted by molar-refractivity contribution is 0.278. The largest absolute Gasteiger partial charge is 0.396 e. The quantitative estimate of drug-likeness (QED) is 0.772. The van der Waals surface area contributed by atoms with Crippen molar-refractivity contribution < 1.29 is 5.11 Å². The van der Waals surface area contributed by atoms with Crippen LogP contribution in [0.25, 0.3) is 23.1 Å². The molecule has 0 saturated carbocycles. The van der Waals surface area contributed by atoms with E-state index >= 15 is 0 Å². The first-order valence-electron chi connectivity index (χ1n) is 7.73. The van der Waals surface area contributed by atoms with Crippen molar-refractivity contribution in [3.05, 3.63) is 75.3 Å². The second-order valence-electron chi connectivity index (χ2n) is 5.41. The standard InChI is InChI=1S/C19H17ClN2O2/c20-15-9-6-14(7-10-15)8-11-18-21-17-5-2-1-4-16(17)19(24)22(18)12-3-13-23/h1-2,4-11,23H,3,12-13H2/b11-8+. The molecule has 1 heterocycles. The SMILES string of the molecule is O=c1c2ccccc2nc(/C=C/c2ccc(Cl)cc2)n1CCCO. The van der Waals surface area contributed by atoms with Crippen LogP contribution < -0.4 is 5.56 Å². The van der Waals surface area contributed by atoms with Crippen LogP contribution in [0.3, 0.4) is 0 Å². The number of aliphatic hydroxyl groups is 1. The topological polar surface area (TPSA) is 55.1 Å². The van der Waals surface area contributed by atoms with Crippen LogP contribution in [0.2, 0.25) is 5.02 Å². The van der Waals surface area contributed by atoms with Gasteiger partial charge in [-0.2, -0.15) is 0 Å². The molecule has 0 spiro atoms. The van der Waals surface area contributed by atoms with Gasteiger partial charge in [0, 0.05) is 18.2 Å². The number of aromatic nitrogens is 2. The summed E-state index contributed by atoms with van der Waals surface area (Å²) in [4.78, 5) is 17.3. The van der Waals surface area contributed by atoms with Gasteiger partial charge in [0.05, 0.1) is 10.9 Å². The Morgan fingerprint density at radius 1 is 1.08 bits per heavy atom. The molecule has 4 nitrogen and oxygen atoms in total. The molecular weight excluding hydrogens is 324 g/mol. The Morgan fingerprint density at radius 2 is 1.83 bits per heavy atom. The molecule has 0 unspecified atom stereocenters. The number of halogens is 1. The highest BCUT2D eigenvalue weighted by Crippen LogP contribution is 2.14. The van der Waals surface area contributed by atoms with Gasteiger partial charge in [-0.3, -0.25) is 9.36 Å². The highest BCUT2D eigenvalue weighted by Gasteiger charge is 2.08. The number of fused-ring (bicyclic) bond motifs is 1. The average molecular weight is 341 g/mol. The number of hydrogen-bond acceptors (Lipinski definition) is 3. The highest BCUT2D eigenvalue weighted by atomic mass is 35.5. The summed E-state index contributed by atoms with van der Waals surface area (Å²) in [5.41, 5.74) is 1.54. The van der Waals surface area contributed by atoms with E-state index in [0.717, 1.165) is 5.56 Å². The van der Waals surface area contributed by atoms with E-state index in [1.165, 1.54) is 0 Å². The van der Waals surface area contributed by atoms with Crippen LogP contribution in [-0.2, 0) is 6.54 Å². The van der Waals surface area contributed by atoms with Crippen molar-refractivity contribution in [2.75, 3.05) is 6.61 Å². The molecule has 3 aromatic rings. The Bertz CT molecular complexity index is 930. The first kappa shape index (κ1) is 16.4. The zero-order valence-corrected chi connectivity index (χ0v) is 13.8. The first-order valence-corrected chi connectivity index (χ1v) is 8.11. The van der Waals surface area contributed by atoms with Crippen LogP contribution in [0.1, 0.15) is 17.8 Å². The lowest BCUT2D eigenvalue weighted by Crippen LogP contribution is -2.24. The van der Waals surface area contributed by atoms with Gasteiger partial charge in [0.1, 0.15) is 5.82 Å². The Labute approximate surface area is 144 Å². The Morgan fingerprint density at radius 3 is 2.58 bits per heavy atom. The van der Waals surface area contributed by atoms with Gasteiger partial charge < -0.3 is 5.11 Å². The summed E-state index contributed by atoms with van der Waals surface area (Å²) in [6.45, 7) is 0.451. The number of para-hydroxylation sites is 1. The van der Waals surface area contributed by atoms with Crippen molar-refractivity contribution in [3.8, 4) is 0 Å². The number of rotatable bonds is 5. The van der Waals surface area contributed by atoms with Crippen molar-refractivity contribution in [1.82, 2.24) is 9.55 Å². The highest BCUT2D eigenvalue weighted by molar-refractivity contribution is 6.30. The minimum Gasteiger partial charge on any atom is -0.396 e. The third-order valence-corrected chi connectivity index (χ3v) is 3.98. The van der Waals surface area contributed by atoms with Crippen molar-refractivity contribution in [2.24, 2.45) is 0 Å². The molecule has 0 fully saturated rings. The van der Waals surface area contributed by atoms with Gasteiger partial charge in [-0.05, 0) is 42.3 Å². The monoisotopic (exact) mass is 340 g/mol. The molecule has 1 N–H and O–H groups in total. The van der Waals surface area contributed by atoms with Crippen LogP contribution in [0.4, 0.5) is 0 Å². The van der Waals surface area contributed by atoms with E-state index in [0.29, 0.717) is 34.7 Å². The van der Waals surface area contributed by atoms with Crippen LogP contribution in [-0.4, -0.2) is 21.3 Å². The number of aliphatic hydroxyl groups excluding tert-OH is 1. The summed E-state index contributed by atoms with van der Waals surface area (Å²) < 4.78 is 1.60. The van der Waals surface area contributed by atoms with E-state index < -0.39 is 0 Å². The van der Waals surface area contributed by atoms with Gasteiger partial charge in [-0.15, -0.1) is 0 Å². The molecule has 5 heteroatoms. The zero-order valence-electron chi connectivity index (χ0n) is 13.0. The van der Waals surface area contributed by atoms with E-state index in [9.17, 15) is 4.79 Å². The second kappa shape index (κ2) is 7.43. The van der Waals surface area contributed by atoms with Crippen molar-refractivity contribution in [3.63, 3.8) is 0 Å². The van der Waals surface area contributed by atoms with Crippen molar-refractivity contribution in [2.45, 2.75) is 13.0 Å². The summed E-state index contributed by atoms with van der Waals surface area (Å²) in [7, 11) is 0. The van der Waals surface area contributed by atoms with Crippen LogP contribution in [0.5, 0.6) is 0 Å². The van der Waals surface area contributed by atoms with Gasteiger partial charge in [0.2, 0.25) is 0 Å². The molecule has 0 amide bonds. The Kier molecular flexibility index (Phi) is 5.08. The molecule has 0 aliphatic rings. The minimum absolute atomic E-state index is 0.0274. The predicted molar refractivity (Wildman–Crippen MR) is 98.1 cm³/mol. The molecule has 0 bridgehead atoms. The maximum atomic E-state index is 12.7. The fourth-order valence-electron chi connectivity index (χ4n) is 2.50. The molecular formula is C19H17ClN2O2. The second-order valence-corrected chi connectivity index (χ2v) is 5.84. The lowest BCUT2D eigenvalue weighted by atomic mass is 10.2. The average Bonchev–Trinajstić information content (AvgIpc) is 2.61. The number of benzene rings is 2. The fraction of sp³-hybridized carbons (Fsp3) is 0.158. The zero-order chi connectivity index (χ0) is 16.9. The molecule has 3 rings (SSSR count). The summed E-state index contributed by atoms with van der Waals surface area (Å²) in [6, 6.07) is 14.7. The first-order chi connectivity index (χ1) is 11.7. The summed E-state index contributed by atoms with van der Waals surface area (Å²) in [5, 5.41) is 10.3. The number of nitrogens with zero attached hydrogens (tertiary/aromatic N) is 2. The maximum absolute atomic E-state index is 12.7. The Hall–Kier alpha value is -2.43. The van der Waals surface area contributed by atoms with Gasteiger partial charge >= 0.3 is 0 Å². The molecule has 1 aromatic heterocycles. The Balaban J connectivity index is 2.07. The third kappa shape index (κ3) is 3.55. The van der Waals surface area contributed by atoms with Gasteiger partial charge in [0.25, 0.3) is 5.56 Å². The van der Waals surface area contributed by atoms with Crippen LogP contribution in [0, 0.1) is 0 Å². The molecule has 0 atom stereocenters. The molecule has 24 heavy (non-hydrogen) atoms. The normalized spacial score (nSPS) is 11.4. The van der Waals surface area contributed by atoms with E-state index in [1.807, 2.05) is 54.6 Å².